The van der Waals surface area contributed by atoms with Crippen LogP contribution in [0.3, 0.4) is 0 Å². The minimum absolute atomic E-state index is 0.188. The van der Waals surface area contributed by atoms with Crippen LogP contribution in [0.2, 0.25) is 0 Å². The zero-order valence-corrected chi connectivity index (χ0v) is 8.09. The minimum atomic E-state index is -2.67. The molecule has 0 saturated heterocycles. The van der Waals surface area contributed by atoms with Crippen molar-refractivity contribution in [2.45, 2.75) is 11.8 Å². The van der Waals surface area contributed by atoms with Gasteiger partial charge >= 0.3 is 0 Å². The topological polar surface area (TPSA) is 30.0 Å². The zero-order valence-electron chi connectivity index (χ0n) is 6.51. The van der Waals surface area contributed by atoms with E-state index >= 15 is 0 Å². The van der Waals surface area contributed by atoms with Crippen LogP contribution in [0.4, 0.5) is 8.78 Å². The molecule has 0 aromatic carbocycles. The van der Waals surface area contributed by atoms with Gasteiger partial charge in [0.25, 0.3) is 6.43 Å². The number of hydrogen-bond donors (Lipinski definition) is 0. The summed E-state index contributed by atoms with van der Waals surface area (Å²) in [6.07, 6.45) is -0.985. The fourth-order valence-corrected chi connectivity index (χ4v) is 1.48. The van der Waals surface area contributed by atoms with E-state index in [9.17, 15) is 13.6 Å². The Hall–Kier alpha value is -0.840. The Morgan fingerprint density at radius 3 is 2.77 bits per heavy atom. The molecule has 0 radical (unpaired) electrons. The molecule has 2 nitrogen and oxygen atoms in total. The highest BCUT2D eigenvalue weighted by Gasteiger charge is 2.17. The number of aromatic nitrogens is 1. The normalized spacial score (nSPS) is 10.5. The summed E-state index contributed by atoms with van der Waals surface area (Å²) >= 11 is 3.06. The van der Waals surface area contributed by atoms with Gasteiger partial charge in [0.15, 0.2) is 6.29 Å². The Bertz CT molecular complexity index is 317. The van der Waals surface area contributed by atoms with E-state index in [0.717, 1.165) is 0 Å². The van der Waals surface area contributed by atoms with E-state index in [4.69, 9.17) is 0 Å². The summed E-state index contributed by atoms with van der Waals surface area (Å²) in [7, 11) is 0. The summed E-state index contributed by atoms with van der Waals surface area (Å²) < 4.78 is 24.9. The predicted octanol–water partition coefficient (Wildman–Crippen LogP) is 2.73. The van der Waals surface area contributed by atoms with Crippen molar-refractivity contribution in [2.75, 3.05) is 0 Å². The van der Waals surface area contributed by atoms with Gasteiger partial charge in [-0.1, -0.05) is 15.9 Å². The Kier molecular flexibility index (Phi) is 3.48. The molecular weight excluding hydrogens is 244 g/mol. The number of rotatable bonds is 3. The number of carbonyl (C=O) groups is 1. The largest absolute Gasteiger partial charge is 0.296 e. The molecule has 5 heteroatoms. The molecule has 0 N–H and O–H groups in total. The van der Waals surface area contributed by atoms with E-state index in [1.54, 1.807) is 0 Å². The van der Waals surface area contributed by atoms with Gasteiger partial charge in [0.2, 0.25) is 0 Å². The van der Waals surface area contributed by atoms with Gasteiger partial charge in [0.1, 0.15) is 5.69 Å². The third-order valence-electron chi connectivity index (χ3n) is 1.59. The highest BCUT2D eigenvalue weighted by molar-refractivity contribution is 9.08. The van der Waals surface area contributed by atoms with E-state index < -0.39 is 6.43 Å². The molecule has 1 aromatic rings. The van der Waals surface area contributed by atoms with Crippen LogP contribution in [0.5, 0.6) is 0 Å². The summed E-state index contributed by atoms with van der Waals surface area (Å²) in [6.45, 7) is 0. The van der Waals surface area contributed by atoms with Gasteiger partial charge < -0.3 is 0 Å². The molecule has 0 aliphatic heterocycles. The quantitative estimate of drug-likeness (QED) is 0.609. The average Bonchev–Trinajstić information content (AvgIpc) is 2.16. The van der Waals surface area contributed by atoms with E-state index in [-0.39, 0.29) is 16.6 Å². The molecule has 70 valence electrons. The van der Waals surface area contributed by atoms with Crippen molar-refractivity contribution >= 4 is 22.2 Å². The number of halogens is 3. The van der Waals surface area contributed by atoms with E-state index in [0.29, 0.717) is 11.8 Å². The maximum Gasteiger partial charge on any atom is 0.266 e. The molecular formula is C8H6BrF2NO. The van der Waals surface area contributed by atoms with Gasteiger partial charge in [-0.25, -0.2) is 8.78 Å². The number of pyridine rings is 1. The van der Waals surface area contributed by atoms with Crippen molar-refractivity contribution in [2.24, 2.45) is 0 Å². The Morgan fingerprint density at radius 1 is 1.62 bits per heavy atom. The lowest BCUT2D eigenvalue weighted by Crippen LogP contribution is -2.01. The van der Waals surface area contributed by atoms with Gasteiger partial charge in [-0.05, 0) is 11.6 Å². The zero-order chi connectivity index (χ0) is 9.84. The Morgan fingerprint density at radius 2 is 2.31 bits per heavy atom. The van der Waals surface area contributed by atoms with Crippen LogP contribution < -0.4 is 0 Å². The molecule has 0 aliphatic carbocycles. The summed E-state index contributed by atoms with van der Waals surface area (Å²) in [4.78, 5) is 13.9. The van der Waals surface area contributed by atoms with E-state index in [1.165, 1.54) is 12.3 Å². The molecule has 0 bridgehead atoms. The third-order valence-corrected chi connectivity index (χ3v) is 2.19. The molecule has 0 amide bonds. The van der Waals surface area contributed by atoms with Crippen molar-refractivity contribution < 1.29 is 13.6 Å². The van der Waals surface area contributed by atoms with Crippen LogP contribution in [-0.2, 0) is 5.33 Å². The molecule has 1 aromatic heterocycles. The molecule has 13 heavy (non-hydrogen) atoms. The number of alkyl halides is 3. The standard InChI is InChI=1S/C8H6BrF2NO/c9-3-5-1-2-12-6(4-13)7(5)8(10)11/h1-2,4,8H,3H2. The lowest BCUT2D eigenvalue weighted by molar-refractivity contribution is 0.110. The summed E-state index contributed by atoms with van der Waals surface area (Å²) in [5.41, 5.74) is -0.0755. The van der Waals surface area contributed by atoms with Gasteiger partial charge in [-0.3, -0.25) is 9.78 Å². The fraction of sp³-hybridized carbons (Fsp3) is 0.250. The summed E-state index contributed by atoms with van der Waals surface area (Å²) in [5.74, 6) is 0. The molecule has 0 fully saturated rings. The minimum Gasteiger partial charge on any atom is -0.296 e. The highest BCUT2D eigenvalue weighted by Crippen LogP contribution is 2.25. The van der Waals surface area contributed by atoms with E-state index in [1.807, 2.05) is 0 Å². The van der Waals surface area contributed by atoms with Gasteiger partial charge in [-0.15, -0.1) is 0 Å². The number of nitrogens with zero attached hydrogens (tertiary/aromatic N) is 1. The van der Waals surface area contributed by atoms with Crippen molar-refractivity contribution in [3.63, 3.8) is 0 Å². The third kappa shape index (κ3) is 2.09. The van der Waals surface area contributed by atoms with Crippen LogP contribution in [-0.4, -0.2) is 11.3 Å². The second kappa shape index (κ2) is 4.41. The number of hydrogen-bond acceptors (Lipinski definition) is 2. The Balaban J connectivity index is 3.29. The van der Waals surface area contributed by atoms with Crippen molar-refractivity contribution in [3.05, 3.63) is 29.1 Å². The van der Waals surface area contributed by atoms with Crippen LogP contribution >= 0.6 is 15.9 Å². The monoisotopic (exact) mass is 249 g/mol. The molecule has 0 spiro atoms. The number of aldehydes is 1. The second-order valence-electron chi connectivity index (χ2n) is 2.32. The van der Waals surface area contributed by atoms with Crippen molar-refractivity contribution in [1.29, 1.82) is 0 Å². The molecule has 1 rings (SSSR count). The maximum absolute atomic E-state index is 12.4. The number of carbonyl (C=O) groups excluding carboxylic acids is 1. The Labute approximate surface area is 82.1 Å². The van der Waals surface area contributed by atoms with Crippen LogP contribution in [0.1, 0.15) is 28.0 Å². The molecule has 0 unspecified atom stereocenters. The van der Waals surface area contributed by atoms with Gasteiger partial charge in [0.05, 0.1) is 5.56 Å². The van der Waals surface area contributed by atoms with Crippen LogP contribution in [0.15, 0.2) is 12.3 Å². The summed E-state index contributed by atoms with van der Waals surface area (Å²) in [5, 5.41) is 0.288. The lowest BCUT2D eigenvalue weighted by atomic mass is 10.1. The molecule has 0 atom stereocenters. The lowest BCUT2D eigenvalue weighted by Gasteiger charge is -2.06. The average molecular weight is 250 g/mol. The van der Waals surface area contributed by atoms with Crippen LogP contribution in [0.25, 0.3) is 0 Å². The first-order chi connectivity index (χ1) is 6.20. The first kappa shape index (κ1) is 10.2. The maximum atomic E-state index is 12.4. The van der Waals surface area contributed by atoms with Crippen molar-refractivity contribution in [3.8, 4) is 0 Å². The van der Waals surface area contributed by atoms with E-state index in [2.05, 4.69) is 20.9 Å². The predicted molar refractivity (Wildman–Crippen MR) is 47.2 cm³/mol. The first-order valence-corrected chi connectivity index (χ1v) is 4.60. The van der Waals surface area contributed by atoms with Gasteiger partial charge in [0, 0.05) is 11.5 Å². The van der Waals surface area contributed by atoms with Crippen LogP contribution in [0, 0.1) is 0 Å². The summed E-state index contributed by atoms with van der Waals surface area (Å²) in [6, 6.07) is 1.46. The fourth-order valence-electron chi connectivity index (χ4n) is 0.994. The molecule has 0 saturated carbocycles. The highest BCUT2D eigenvalue weighted by atomic mass is 79.9. The SMILES string of the molecule is O=Cc1nccc(CBr)c1C(F)F. The van der Waals surface area contributed by atoms with Gasteiger partial charge in [-0.2, -0.15) is 0 Å². The molecule has 1 heterocycles. The first-order valence-electron chi connectivity index (χ1n) is 3.47. The smallest absolute Gasteiger partial charge is 0.266 e. The second-order valence-corrected chi connectivity index (χ2v) is 2.88. The van der Waals surface area contributed by atoms with Crippen molar-refractivity contribution in [1.82, 2.24) is 4.98 Å². The molecule has 0 aliphatic rings.